The van der Waals surface area contributed by atoms with Gasteiger partial charge in [0.2, 0.25) is 5.91 Å². The minimum Gasteiger partial charge on any atom is -0.495 e. The van der Waals surface area contributed by atoms with Crippen LogP contribution in [0.3, 0.4) is 0 Å². The van der Waals surface area contributed by atoms with Gasteiger partial charge in [-0.1, -0.05) is 6.07 Å². The number of sulfone groups is 1. The number of anilines is 1. The molecule has 4 aromatic heterocycles. The van der Waals surface area contributed by atoms with Crippen LogP contribution in [0.1, 0.15) is 11.1 Å². The maximum Gasteiger partial charge on any atom is 0.240 e. The Labute approximate surface area is 216 Å². The second kappa shape index (κ2) is 9.92. The molecule has 0 radical (unpaired) electrons. The molecular formula is C23H24N8O6S. The van der Waals surface area contributed by atoms with Gasteiger partial charge < -0.3 is 25.6 Å². The Balaban J connectivity index is 1.66. The number of rotatable bonds is 7. The van der Waals surface area contributed by atoms with E-state index in [1.54, 1.807) is 18.3 Å². The highest BCUT2D eigenvalue weighted by atomic mass is 32.2. The first-order chi connectivity index (χ1) is 18.3. The number of aliphatic hydroxyl groups excluding tert-OH is 2. The predicted octanol–water partition coefficient (Wildman–Crippen LogP) is -0.333. The van der Waals surface area contributed by atoms with E-state index in [1.165, 1.54) is 32.9 Å². The molecule has 1 aliphatic rings. The molecule has 0 aromatic carbocycles. The second-order valence-corrected chi connectivity index (χ2v) is 10.7. The zero-order valence-corrected chi connectivity index (χ0v) is 21.1. The van der Waals surface area contributed by atoms with E-state index in [0.717, 1.165) is 4.57 Å². The number of aliphatic hydroxyl groups is 2. The number of carbonyl (C=O) groups is 1. The normalized spacial score (nSPS) is 22.3. The third-order valence-corrected chi connectivity index (χ3v) is 8.59. The third kappa shape index (κ3) is 4.29. The van der Waals surface area contributed by atoms with E-state index in [4.69, 9.17) is 4.74 Å². The molecule has 0 unspecified atom stereocenters. The SMILES string of the molecule is CNC(=O)[C@@H]1[C@@H](O)[C@@H](O)[C@H](n2cnc3c(NCc4ccccn4)nc(-c4cncc(OC)c4)nc32)S1(=O)=O. The van der Waals surface area contributed by atoms with Crippen LogP contribution in [0.4, 0.5) is 5.82 Å². The van der Waals surface area contributed by atoms with Gasteiger partial charge in [0.05, 0.1) is 31.9 Å². The summed E-state index contributed by atoms with van der Waals surface area (Å²) in [6, 6.07) is 7.10. The van der Waals surface area contributed by atoms with Gasteiger partial charge in [-0.2, -0.15) is 0 Å². The van der Waals surface area contributed by atoms with E-state index in [1.807, 2.05) is 12.1 Å². The summed E-state index contributed by atoms with van der Waals surface area (Å²) in [4.78, 5) is 34.1. The van der Waals surface area contributed by atoms with Gasteiger partial charge in [0.25, 0.3) is 0 Å². The molecular weight excluding hydrogens is 516 g/mol. The predicted molar refractivity (Wildman–Crippen MR) is 134 cm³/mol. The van der Waals surface area contributed by atoms with Crippen LogP contribution >= 0.6 is 0 Å². The van der Waals surface area contributed by atoms with E-state index >= 15 is 0 Å². The van der Waals surface area contributed by atoms with E-state index in [0.29, 0.717) is 17.0 Å². The number of imidazole rings is 1. The minimum absolute atomic E-state index is 0.0544. The Morgan fingerprint density at radius 1 is 1.16 bits per heavy atom. The number of amides is 1. The summed E-state index contributed by atoms with van der Waals surface area (Å²) < 4.78 is 33.1. The fraction of sp³-hybridized carbons (Fsp3) is 0.304. The Kier molecular flexibility index (Phi) is 6.64. The van der Waals surface area contributed by atoms with E-state index in [-0.39, 0.29) is 29.4 Å². The van der Waals surface area contributed by atoms with Crippen molar-refractivity contribution in [3.8, 4) is 17.1 Å². The molecule has 4 N–H and O–H groups in total. The van der Waals surface area contributed by atoms with Gasteiger partial charge >= 0.3 is 0 Å². The van der Waals surface area contributed by atoms with E-state index in [9.17, 15) is 23.4 Å². The molecule has 1 aliphatic heterocycles. The number of hydrogen-bond acceptors (Lipinski definition) is 12. The van der Waals surface area contributed by atoms with Crippen molar-refractivity contribution in [2.45, 2.75) is 29.4 Å². The highest BCUT2D eigenvalue weighted by Gasteiger charge is 2.58. The molecule has 0 aliphatic carbocycles. The summed E-state index contributed by atoms with van der Waals surface area (Å²) in [5.74, 6) is -0.0417. The summed E-state index contributed by atoms with van der Waals surface area (Å²) in [5.41, 5.74) is 1.45. The maximum absolute atomic E-state index is 13.4. The summed E-state index contributed by atoms with van der Waals surface area (Å²) in [7, 11) is -1.69. The molecule has 5 heterocycles. The maximum atomic E-state index is 13.4. The number of ether oxygens (including phenoxy) is 1. The molecule has 0 spiro atoms. The van der Waals surface area contributed by atoms with Crippen LogP contribution < -0.4 is 15.4 Å². The van der Waals surface area contributed by atoms with Crippen molar-refractivity contribution < 1.29 is 28.2 Å². The second-order valence-electron chi connectivity index (χ2n) is 8.50. The summed E-state index contributed by atoms with van der Waals surface area (Å²) in [6.07, 6.45) is 2.18. The lowest BCUT2D eigenvalue weighted by Crippen LogP contribution is -2.43. The van der Waals surface area contributed by atoms with Crippen molar-refractivity contribution in [1.82, 2.24) is 34.8 Å². The fourth-order valence-electron chi connectivity index (χ4n) is 4.34. The molecule has 14 nitrogen and oxygen atoms in total. The summed E-state index contributed by atoms with van der Waals surface area (Å²) in [5, 5.41) is 23.1. The molecule has 4 aromatic rings. The van der Waals surface area contributed by atoms with Crippen molar-refractivity contribution in [3.63, 3.8) is 0 Å². The topological polar surface area (TPSA) is 194 Å². The fourth-order valence-corrected chi connectivity index (χ4v) is 6.63. The highest BCUT2D eigenvalue weighted by Crippen LogP contribution is 2.38. The van der Waals surface area contributed by atoms with Crippen LogP contribution in [0.5, 0.6) is 5.75 Å². The molecule has 0 bridgehead atoms. The first-order valence-electron chi connectivity index (χ1n) is 11.4. The van der Waals surface area contributed by atoms with E-state index < -0.39 is 38.6 Å². The van der Waals surface area contributed by atoms with Crippen molar-refractivity contribution in [3.05, 3.63) is 54.9 Å². The Morgan fingerprint density at radius 3 is 2.68 bits per heavy atom. The molecule has 1 fully saturated rings. The highest BCUT2D eigenvalue weighted by molar-refractivity contribution is 7.93. The first kappa shape index (κ1) is 25.4. The summed E-state index contributed by atoms with van der Waals surface area (Å²) >= 11 is 0. The largest absolute Gasteiger partial charge is 0.495 e. The number of carbonyl (C=O) groups excluding carboxylic acids is 1. The van der Waals surface area contributed by atoms with Gasteiger partial charge in [0.15, 0.2) is 43.3 Å². The average Bonchev–Trinajstić information content (AvgIpc) is 3.42. The van der Waals surface area contributed by atoms with E-state index in [2.05, 4.69) is 35.6 Å². The molecule has 1 amide bonds. The van der Waals surface area contributed by atoms with Gasteiger partial charge in [0.1, 0.15) is 18.0 Å². The van der Waals surface area contributed by atoms with Crippen molar-refractivity contribution in [2.24, 2.45) is 0 Å². The number of nitrogens with one attached hydrogen (secondary N) is 2. The lowest BCUT2D eigenvalue weighted by Gasteiger charge is -2.17. The van der Waals surface area contributed by atoms with Gasteiger partial charge in [-0.15, -0.1) is 0 Å². The number of pyridine rings is 2. The van der Waals surface area contributed by atoms with Crippen LogP contribution in [0.2, 0.25) is 0 Å². The molecule has 1 saturated heterocycles. The standard InChI is InChI=1S/C23H24N8O6S/c1-24-22(34)18-16(32)17(33)23(38(18,35)36)31-11-28-15-20(27-9-13-5-3-4-6-26-13)29-19(30-21(15)31)12-7-14(37-2)10-25-8-12/h3-8,10-11,16-18,23,32-33H,9H2,1-2H3,(H,24,34)(H,27,29,30)/t16-,17+,18-,23+/m0/s1. The zero-order valence-electron chi connectivity index (χ0n) is 20.3. The number of aromatic nitrogens is 6. The van der Waals surface area contributed by atoms with Gasteiger partial charge in [-0.05, 0) is 18.2 Å². The molecule has 198 valence electrons. The van der Waals surface area contributed by atoms with Crippen LogP contribution in [0.15, 0.2) is 49.2 Å². The van der Waals surface area contributed by atoms with Crippen LogP contribution in [-0.2, 0) is 21.2 Å². The van der Waals surface area contributed by atoms with Gasteiger partial charge in [0, 0.05) is 25.0 Å². The lowest BCUT2D eigenvalue weighted by atomic mass is 10.1. The number of nitrogens with zero attached hydrogens (tertiary/aromatic N) is 6. The molecule has 38 heavy (non-hydrogen) atoms. The number of fused-ring (bicyclic) bond motifs is 1. The quantitative estimate of drug-likeness (QED) is 0.239. The first-order valence-corrected chi connectivity index (χ1v) is 13.1. The molecule has 15 heteroatoms. The van der Waals surface area contributed by atoms with Crippen molar-refractivity contribution in [1.29, 1.82) is 0 Å². The number of methoxy groups -OCH3 is 1. The molecule has 0 saturated carbocycles. The average molecular weight is 541 g/mol. The number of hydrogen-bond donors (Lipinski definition) is 4. The minimum atomic E-state index is -4.42. The monoisotopic (exact) mass is 540 g/mol. The molecule has 5 rings (SSSR count). The van der Waals surface area contributed by atoms with Crippen molar-refractivity contribution >= 4 is 32.7 Å². The Hall–Kier alpha value is -4.21. The van der Waals surface area contributed by atoms with Crippen LogP contribution in [0.25, 0.3) is 22.6 Å². The van der Waals surface area contributed by atoms with Crippen LogP contribution in [0, 0.1) is 0 Å². The third-order valence-electron chi connectivity index (χ3n) is 6.21. The van der Waals surface area contributed by atoms with Gasteiger partial charge in [-0.3, -0.25) is 19.3 Å². The Bertz CT molecular complexity index is 1600. The Morgan fingerprint density at radius 2 is 1.97 bits per heavy atom. The van der Waals surface area contributed by atoms with Crippen LogP contribution in [-0.4, -0.2) is 85.6 Å². The lowest BCUT2D eigenvalue weighted by molar-refractivity contribution is -0.123. The van der Waals surface area contributed by atoms with Gasteiger partial charge in [-0.25, -0.2) is 23.4 Å². The smallest absolute Gasteiger partial charge is 0.240 e. The van der Waals surface area contributed by atoms with Crippen molar-refractivity contribution in [2.75, 3.05) is 19.5 Å². The zero-order chi connectivity index (χ0) is 27.0. The summed E-state index contributed by atoms with van der Waals surface area (Å²) in [6.45, 7) is 0.275. The molecule has 4 atom stereocenters.